The SMILES string of the molecule is CCN(CC(C)(C)CN)C(=O)c1cccc(=O)[nH]1. The fourth-order valence-corrected chi connectivity index (χ4v) is 1.65. The normalized spacial score (nSPS) is 11.3. The van der Waals surface area contributed by atoms with Crippen molar-refractivity contribution in [3.63, 3.8) is 0 Å². The van der Waals surface area contributed by atoms with Gasteiger partial charge in [-0.2, -0.15) is 0 Å². The largest absolute Gasteiger partial charge is 0.337 e. The van der Waals surface area contributed by atoms with Crippen LogP contribution in [0.2, 0.25) is 0 Å². The van der Waals surface area contributed by atoms with Gasteiger partial charge in [0.2, 0.25) is 5.56 Å². The van der Waals surface area contributed by atoms with Crippen molar-refractivity contribution in [3.05, 3.63) is 34.2 Å². The van der Waals surface area contributed by atoms with Crippen molar-refractivity contribution < 1.29 is 4.79 Å². The number of nitrogens with two attached hydrogens (primary N) is 1. The van der Waals surface area contributed by atoms with Crippen molar-refractivity contribution in [1.82, 2.24) is 9.88 Å². The van der Waals surface area contributed by atoms with Crippen LogP contribution in [0.5, 0.6) is 0 Å². The van der Waals surface area contributed by atoms with Gasteiger partial charge in [-0.1, -0.05) is 19.9 Å². The molecular weight excluding hydrogens is 230 g/mol. The van der Waals surface area contributed by atoms with Crippen molar-refractivity contribution in [2.75, 3.05) is 19.6 Å². The smallest absolute Gasteiger partial charge is 0.270 e. The molecule has 0 unspecified atom stereocenters. The van der Waals surface area contributed by atoms with E-state index in [0.29, 0.717) is 25.3 Å². The second kappa shape index (κ2) is 5.82. The minimum absolute atomic E-state index is 0.138. The number of amides is 1. The Kier molecular flexibility index (Phi) is 4.67. The Morgan fingerprint density at radius 1 is 1.44 bits per heavy atom. The van der Waals surface area contributed by atoms with Crippen LogP contribution in [0.15, 0.2) is 23.0 Å². The molecule has 0 atom stereocenters. The van der Waals surface area contributed by atoms with Gasteiger partial charge in [0.1, 0.15) is 5.69 Å². The number of H-pyrrole nitrogens is 1. The second-order valence-corrected chi connectivity index (χ2v) is 5.12. The molecular formula is C13H21N3O2. The van der Waals surface area contributed by atoms with Gasteiger partial charge in [-0.15, -0.1) is 0 Å². The van der Waals surface area contributed by atoms with E-state index in [2.05, 4.69) is 4.98 Å². The molecule has 0 aliphatic heterocycles. The molecule has 0 radical (unpaired) electrons. The quantitative estimate of drug-likeness (QED) is 0.813. The fraction of sp³-hybridized carbons (Fsp3) is 0.538. The van der Waals surface area contributed by atoms with Gasteiger partial charge < -0.3 is 15.6 Å². The van der Waals surface area contributed by atoms with Crippen molar-refractivity contribution >= 4 is 5.91 Å². The number of hydrogen-bond acceptors (Lipinski definition) is 3. The lowest BCUT2D eigenvalue weighted by atomic mass is 9.93. The topological polar surface area (TPSA) is 79.2 Å². The first kappa shape index (κ1) is 14.4. The Hall–Kier alpha value is -1.62. The van der Waals surface area contributed by atoms with Gasteiger partial charge in [-0.3, -0.25) is 9.59 Å². The van der Waals surface area contributed by atoms with E-state index in [1.807, 2.05) is 20.8 Å². The molecule has 5 heteroatoms. The van der Waals surface area contributed by atoms with Crippen molar-refractivity contribution in [2.45, 2.75) is 20.8 Å². The summed E-state index contributed by atoms with van der Waals surface area (Å²) in [6.07, 6.45) is 0. The summed E-state index contributed by atoms with van der Waals surface area (Å²) >= 11 is 0. The molecule has 1 aromatic heterocycles. The number of aromatic amines is 1. The van der Waals surface area contributed by atoms with Crippen LogP contribution >= 0.6 is 0 Å². The number of nitrogens with zero attached hydrogens (tertiary/aromatic N) is 1. The second-order valence-electron chi connectivity index (χ2n) is 5.12. The van der Waals surface area contributed by atoms with E-state index in [1.165, 1.54) is 6.07 Å². The molecule has 18 heavy (non-hydrogen) atoms. The third-order valence-electron chi connectivity index (χ3n) is 2.84. The summed E-state index contributed by atoms with van der Waals surface area (Å²) in [7, 11) is 0. The zero-order valence-electron chi connectivity index (χ0n) is 11.2. The van der Waals surface area contributed by atoms with Gasteiger partial charge in [0.25, 0.3) is 5.91 Å². The molecule has 1 rings (SSSR count). The Morgan fingerprint density at radius 2 is 2.11 bits per heavy atom. The van der Waals surface area contributed by atoms with Crippen LogP contribution in [-0.4, -0.2) is 35.4 Å². The first-order valence-corrected chi connectivity index (χ1v) is 6.08. The predicted octanol–water partition coefficient (Wildman–Crippen LogP) is 0.822. The Labute approximate surface area is 107 Å². The molecule has 5 nitrogen and oxygen atoms in total. The predicted molar refractivity (Wildman–Crippen MR) is 71.5 cm³/mol. The molecule has 0 saturated heterocycles. The number of rotatable bonds is 5. The lowest BCUT2D eigenvalue weighted by Gasteiger charge is -2.31. The molecule has 0 aliphatic carbocycles. The molecule has 1 heterocycles. The third kappa shape index (κ3) is 3.70. The fourth-order valence-electron chi connectivity index (χ4n) is 1.65. The average molecular weight is 251 g/mol. The molecule has 0 aromatic carbocycles. The highest BCUT2D eigenvalue weighted by atomic mass is 16.2. The molecule has 1 amide bonds. The number of pyridine rings is 1. The summed E-state index contributed by atoms with van der Waals surface area (Å²) in [6.45, 7) is 7.58. The summed E-state index contributed by atoms with van der Waals surface area (Å²) in [6, 6.07) is 4.58. The highest BCUT2D eigenvalue weighted by Crippen LogP contribution is 2.16. The molecule has 0 fully saturated rings. The van der Waals surface area contributed by atoms with Gasteiger partial charge in [0, 0.05) is 19.2 Å². The number of carbonyl (C=O) groups excluding carboxylic acids is 1. The number of aromatic nitrogens is 1. The van der Waals surface area contributed by atoms with Crippen LogP contribution in [0.25, 0.3) is 0 Å². The van der Waals surface area contributed by atoms with Gasteiger partial charge >= 0.3 is 0 Å². The van der Waals surface area contributed by atoms with Crippen LogP contribution in [0.3, 0.4) is 0 Å². The summed E-state index contributed by atoms with van der Waals surface area (Å²) in [5, 5.41) is 0. The number of carbonyl (C=O) groups is 1. The summed E-state index contributed by atoms with van der Waals surface area (Å²) in [5.41, 5.74) is 5.59. The van der Waals surface area contributed by atoms with Crippen LogP contribution < -0.4 is 11.3 Å². The standard InChI is InChI=1S/C13H21N3O2/c1-4-16(9-13(2,3)8-14)12(18)10-6-5-7-11(17)15-10/h5-7H,4,8-9,14H2,1-3H3,(H,15,17). The van der Waals surface area contributed by atoms with E-state index in [1.54, 1.807) is 17.0 Å². The van der Waals surface area contributed by atoms with E-state index >= 15 is 0 Å². The van der Waals surface area contributed by atoms with Crippen molar-refractivity contribution in [1.29, 1.82) is 0 Å². The lowest BCUT2D eigenvalue weighted by Crippen LogP contribution is -2.42. The molecule has 0 spiro atoms. The van der Waals surface area contributed by atoms with Crippen LogP contribution in [0, 0.1) is 5.41 Å². The molecule has 3 N–H and O–H groups in total. The Bertz CT molecular complexity index is 465. The maximum Gasteiger partial charge on any atom is 0.270 e. The van der Waals surface area contributed by atoms with Gasteiger partial charge in [-0.05, 0) is 24.9 Å². The molecule has 100 valence electrons. The first-order valence-electron chi connectivity index (χ1n) is 6.08. The maximum absolute atomic E-state index is 12.2. The van der Waals surface area contributed by atoms with Gasteiger partial charge in [0.05, 0.1) is 0 Å². The van der Waals surface area contributed by atoms with E-state index in [9.17, 15) is 9.59 Å². The van der Waals surface area contributed by atoms with Crippen LogP contribution in [0.1, 0.15) is 31.3 Å². The van der Waals surface area contributed by atoms with E-state index < -0.39 is 0 Å². The summed E-state index contributed by atoms with van der Waals surface area (Å²) in [4.78, 5) is 27.7. The molecule has 0 saturated carbocycles. The summed E-state index contributed by atoms with van der Waals surface area (Å²) in [5.74, 6) is -0.170. The van der Waals surface area contributed by atoms with Gasteiger partial charge in [-0.25, -0.2) is 0 Å². The first-order chi connectivity index (χ1) is 8.39. The van der Waals surface area contributed by atoms with E-state index in [0.717, 1.165) is 0 Å². The van der Waals surface area contributed by atoms with Gasteiger partial charge in [0.15, 0.2) is 0 Å². The van der Waals surface area contributed by atoms with Crippen LogP contribution in [0.4, 0.5) is 0 Å². The third-order valence-corrected chi connectivity index (χ3v) is 2.84. The highest BCUT2D eigenvalue weighted by molar-refractivity contribution is 5.92. The monoisotopic (exact) mass is 251 g/mol. The van der Waals surface area contributed by atoms with E-state index in [-0.39, 0.29) is 16.9 Å². The maximum atomic E-state index is 12.2. The molecule has 1 aromatic rings. The van der Waals surface area contributed by atoms with Crippen LogP contribution in [-0.2, 0) is 0 Å². The van der Waals surface area contributed by atoms with Crippen molar-refractivity contribution in [2.24, 2.45) is 11.1 Å². The zero-order chi connectivity index (χ0) is 13.8. The minimum Gasteiger partial charge on any atom is -0.337 e. The number of nitrogens with one attached hydrogen (secondary N) is 1. The number of hydrogen-bond donors (Lipinski definition) is 2. The van der Waals surface area contributed by atoms with E-state index in [4.69, 9.17) is 5.73 Å². The Morgan fingerprint density at radius 3 is 2.61 bits per heavy atom. The zero-order valence-corrected chi connectivity index (χ0v) is 11.2. The van der Waals surface area contributed by atoms with Crippen molar-refractivity contribution in [3.8, 4) is 0 Å². The average Bonchev–Trinajstić information content (AvgIpc) is 2.35. The highest BCUT2D eigenvalue weighted by Gasteiger charge is 2.23. The minimum atomic E-state index is -0.269. The molecule has 0 aliphatic rings. The lowest BCUT2D eigenvalue weighted by molar-refractivity contribution is 0.0694. The Balaban J connectivity index is 2.89. The molecule has 0 bridgehead atoms. The summed E-state index contributed by atoms with van der Waals surface area (Å²) < 4.78 is 0.